The van der Waals surface area contributed by atoms with Crippen molar-refractivity contribution in [3.8, 4) is 17.2 Å². The highest BCUT2D eigenvalue weighted by Gasteiger charge is 2.26. The minimum absolute atomic E-state index is 0.0232. The SMILES string of the molecule is O=c1oc2cccc(OCCCCCCOc3ccccc3)c2c(O)c1[N+](=O)[O-]. The molecule has 0 amide bonds. The van der Waals surface area contributed by atoms with E-state index in [4.69, 9.17) is 13.9 Å². The number of nitrogens with zero attached hydrogens (tertiary/aromatic N) is 1. The Hall–Kier alpha value is -3.55. The molecule has 0 bridgehead atoms. The molecule has 29 heavy (non-hydrogen) atoms. The lowest BCUT2D eigenvalue weighted by atomic mass is 10.2. The smallest absolute Gasteiger partial charge is 0.419 e. The average Bonchev–Trinajstić information content (AvgIpc) is 2.70. The molecule has 8 nitrogen and oxygen atoms in total. The van der Waals surface area contributed by atoms with Gasteiger partial charge in [-0.1, -0.05) is 24.3 Å². The highest BCUT2D eigenvalue weighted by atomic mass is 16.6. The van der Waals surface area contributed by atoms with Gasteiger partial charge in [0.2, 0.25) is 5.75 Å². The molecule has 0 saturated heterocycles. The number of benzene rings is 2. The molecule has 1 heterocycles. The van der Waals surface area contributed by atoms with E-state index in [2.05, 4.69) is 0 Å². The monoisotopic (exact) mass is 399 g/mol. The van der Waals surface area contributed by atoms with Crippen LogP contribution >= 0.6 is 0 Å². The van der Waals surface area contributed by atoms with Crippen molar-refractivity contribution in [3.63, 3.8) is 0 Å². The Bertz CT molecular complexity index is 1030. The number of hydrogen-bond acceptors (Lipinski definition) is 7. The third-order valence-corrected chi connectivity index (χ3v) is 4.34. The van der Waals surface area contributed by atoms with Crippen LogP contribution in [0.15, 0.2) is 57.7 Å². The van der Waals surface area contributed by atoms with Crippen LogP contribution in [0, 0.1) is 10.1 Å². The summed E-state index contributed by atoms with van der Waals surface area (Å²) in [6.07, 6.45) is 3.57. The molecule has 0 aliphatic heterocycles. The van der Waals surface area contributed by atoms with E-state index in [1.807, 2.05) is 30.3 Å². The van der Waals surface area contributed by atoms with Gasteiger partial charge in [-0.15, -0.1) is 0 Å². The van der Waals surface area contributed by atoms with Gasteiger partial charge in [0.05, 0.1) is 18.1 Å². The van der Waals surface area contributed by atoms with Gasteiger partial charge in [0.25, 0.3) is 0 Å². The molecule has 0 saturated carbocycles. The van der Waals surface area contributed by atoms with Crippen molar-refractivity contribution in [2.75, 3.05) is 13.2 Å². The maximum Gasteiger partial charge on any atom is 0.419 e. The van der Waals surface area contributed by atoms with Crippen LogP contribution in [0.5, 0.6) is 17.2 Å². The lowest BCUT2D eigenvalue weighted by molar-refractivity contribution is -0.388. The molecule has 1 N–H and O–H groups in total. The van der Waals surface area contributed by atoms with E-state index in [-0.39, 0.29) is 16.7 Å². The number of rotatable bonds is 10. The van der Waals surface area contributed by atoms with Gasteiger partial charge >= 0.3 is 11.3 Å². The van der Waals surface area contributed by atoms with Gasteiger partial charge in [-0.3, -0.25) is 10.1 Å². The summed E-state index contributed by atoms with van der Waals surface area (Å²) < 4.78 is 16.2. The molecule has 0 spiro atoms. The van der Waals surface area contributed by atoms with Crippen LogP contribution in [-0.2, 0) is 0 Å². The predicted octanol–water partition coefficient (Wildman–Crippen LogP) is 4.43. The van der Waals surface area contributed by atoms with E-state index in [1.165, 1.54) is 6.07 Å². The lowest BCUT2D eigenvalue weighted by Crippen LogP contribution is -2.07. The second-order valence-electron chi connectivity index (χ2n) is 6.40. The maximum absolute atomic E-state index is 11.7. The summed E-state index contributed by atoms with van der Waals surface area (Å²) in [5.41, 5.74) is -2.16. The minimum atomic E-state index is -1.20. The standard InChI is InChI=1S/C21H21NO7/c23-20-18-16(11-8-12-17(18)29-21(24)19(20)22(25)26)28-14-7-2-1-6-13-27-15-9-4-3-5-10-15/h3-5,8-12,23H,1-2,6-7,13-14H2. The van der Waals surface area contributed by atoms with Crippen LogP contribution in [0.3, 0.4) is 0 Å². The normalized spacial score (nSPS) is 10.8. The van der Waals surface area contributed by atoms with E-state index < -0.39 is 22.0 Å². The van der Waals surface area contributed by atoms with Crippen LogP contribution in [0.4, 0.5) is 5.69 Å². The van der Waals surface area contributed by atoms with Gasteiger partial charge in [0, 0.05) is 0 Å². The second-order valence-corrected chi connectivity index (χ2v) is 6.40. The largest absolute Gasteiger partial charge is 0.501 e. The number of aromatic hydroxyl groups is 1. The number of ether oxygens (including phenoxy) is 2. The molecule has 0 fully saturated rings. The molecule has 2 aromatic carbocycles. The summed E-state index contributed by atoms with van der Waals surface area (Å²) in [4.78, 5) is 21.7. The first-order chi connectivity index (χ1) is 14.1. The van der Waals surface area contributed by atoms with Crippen LogP contribution in [-0.4, -0.2) is 23.2 Å². The third kappa shape index (κ3) is 5.04. The zero-order valence-electron chi connectivity index (χ0n) is 15.7. The molecule has 1 aromatic heterocycles. The van der Waals surface area contributed by atoms with Crippen molar-refractivity contribution >= 4 is 16.7 Å². The molecule has 0 aliphatic carbocycles. The average molecular weight is 399 g/mol. The highest BCUT2D eigenvalue weighted by molar-refractivity contribution is 5.92. The van der Waals surface area contributed by atoms with E-state index in [0.29, 0.717) is 13.2 Å². The molecular formula is C21H21NO7. The highest BCUT2D eigenvalue weighted by Crippen LogP contribution is 2.37. The van der Waals surface area contributed by atoms with Gasteiger partial charge < -0.3 is 19.0 Å². The Morgan fingerprint density at radius 3 is 2.31 bits per heavy atom. The fraction of sp³-hybridized carbons (Fsp3) is 0.286. The summed E-state index contributed by atoms with van der Waals surface area (Å²) in [7, 11) is 0. The van der Waals surface area contributed by atoms with E-state index >= 15 is 0 Å². The molecular weight excluding hydrogens is 378 g/mol. The first kappa shape index (κ1) is 20.2. The first-order valence-corrected chi connectivity index (χ1v) is 9.32. The van der Waals surface area contributed by atoms with Crippen molar-refractivity contribution < 1.29 is 23.9 Å². The quantitative estimate of drug-likeness (QED) is 0.232. The lowest BCUT2D eigenvalue weighted by Gasteiger charge is -2.10. The molecule has 8 heteroatoms. The van der Waals surface area contributed by atoms with Crippen molar-refractivity contribution in [1.29, 1.82) is 0 Å². The van der Waals surface area contributed by atoms with E-state index in [1.54, 1.807) is 12.1 Å². The zero-order valence-corrected chi connectivity index (χ0v) is 15.7. The Morgan fingerprint density at radius 2 is 1.62 bits per heavy atom. The van der Waals surface area contributed by atoms with E-state index in [9.17, 15) is 20.0 Å². The van der Waals surface area contributed by atoms with Gasteiger partial charge in [-0.25, -0.2) is 4.79 Å². The fourth-order valence-corrected chi connectivity index (χ4v) is 2.92. The molecule has 3 aromatic rings. The Balaban J connectivity index is 1.50. The topological polar surface area (TPSA) is 112 Å². The van der Waals surface area contributed by atoms with E-state index in [0.717, 1.165) is 31.4 Å². The Morgan fingerprint density at radius 1 is 0.931 bits per heavy atom. The summed E-state index contributed by atoms with van der Waals surface area (Å²) in [6.45, 7) is 1.01. The Labute approximate surface area is 166 Å². The zero-order chi connectivity index (χ0) is 20.6. The molecule has 0 unspecified atom stereocenters. The number of hydrogen-bond donors (Lipinski definition) is 1. The number of para-hydroxylation sites is 1. The maximum atomic E-state index is 11.7. The van der Waals surface area contributed by atoms with Crippen LogP contribution in [0.1, 0.15) is 25.7 Å². The van der Waals surface area contributed by atoms with Crippen LogP contribution in [0.2, 0.25) is 0 Å². The predicted molar refractivity (Wildman–Crippen MR) is 107 cm³/mol. The first-order valence-electron chi connectivity index (χ1n) is 9.32. The number of unbranched alkanes of at least 4 members (excludes halogenated alkanes) is 3. The van der Waals surface area contributed by atoms with Crippen molar-refractivity contribution in [1.82, 2.24) is 0 Å². The Kier molecular flexibility index (Phi) is 6.67. The number of nitro groups is 1. The van der Waals surface area contributed by atoms with Crippen molar-refractivity contribution in [3.05, 3.63) is 69.1 Å². The minimum Gasteiger partial charge on any atom is -0.501 e. The van der Waals surface area contributed by atoms with Crippen LogP contribution < -0.4 is 15.1 Å². The van der Waals surface area contributed by atoms with Gasteiger partial charge in [0.1, 0.15) is 22.5 Å². The molecule has 152 valence electrons. The fourth-order valence-electron chi connectivity index (χ4n) is 2.92. The molecule has 0 radical (unpaired) electrons. The molecule has 0 atom stereocenters. The summed E-state index contributed by atoms with van der Waals surface area (Å²) in [5.74, 6) is 0.349. The summed E-state index contributed by atoms with van der Waals surface area (Å²) >= 11 is 0. The summed E-state index contributed by atoms with van der Waals surface area (Å²) in [6, 6.07) is 14.2. The van der Waals surface area contributed by atoms with Crippen molar-refractivity contribution in [2.24, 2.45) is 0 Å². The molecule has 0 aliphatic rings. The number of fused-ring (bicyclic) bond motifs is 1. The van der Waals surface area contributed by atoms with Gasteiger partial charge in [0.15, 0.2) is 0 Å². The van der Waals surface area contributed by atoms with Gasteiger partial charge in [-0.05, 0) is 49.9 Å². The van der Waals surface area contributed by atoms with Gasteiger partial charge in [-0.2, -0.15) is 0 Å². The summed E-state index contributed by atoms with van der Waals surface area (Å²) in [5, 5.41) is 21.2. The second kappa shape index (κ2) is 9.59. The molecule has 3 rings (SSSR count). The third-order valence-electron chi connectivity index (χ3n) is 4.34. The van der Waals surface area contributed by atoms with Crippen LogP contribution in [0.25, 0.3) is 11.0 Å². The van der Waals surface area contributed by atoms with Crippen molar-refractivity contribution in [2.45, 2.75) is 25.7 Å².